The molecule has 17 heavy (non-hydrogen) atoms. The molecule has 0 radical (unpaired) electrons. The molecule has 1 saturated heterocycles. The molecule has 1 amide bonds. The second kappa shape index (κ2) is 5.14. The summed E-state index contributed by atoms with van der Waals surface area (Å²) in [6.07, 6.45) is 2.62. The largest absolute Gasteiger partial charge is 0.373 e. The van der Waals surface area contributed by atoms with Gasteiger partial charge in [0.25, 0.3) is 5.91 Å². The molecule has 1 fully saturated rings. The molecular formula is C12H18N4O. The fraction of sp³-hybridized carbons (Fsp3) is 0.500. The van der Waals surface area contributed by atoms with Gasteiger partial charge in [-0.05, 0) is 32.1 Å². The van der Waals surface area contributed by atoms with E-state index >= 15 is 0 Å². The van der Waals surface area contributed by atoms with E-state index in [1.54, 1.807) is 25.4 Å². The van der Waals surface area contributed by atoms with E-state index in [1.165, 1.54) is 0 Å². The Morgan fingerprint density at radius 3 is 2.88 bits per heavy atom. The van der Waals surface area contributed by atoms with Crippen LogP contribution in [0, 0.1) is 0 Å². The number of nitrogens with one attached hydrogen (secondary N) is 2. The molecule has 2 heterocycles. The maximum atomic E-state index is 11.9. The molecule has 92 valence electrons. The number of amides is 1. The summed E-state index contributed by atoms with van der Waals surface area (Å²) in [6, 6.07) is 3.85. The van der Waals surface area contributed by atoms with Crippen LogP contribution in [0.5, 0.6) is 0 Å². The Bertz CT molecular complexity index is 390. The normalized spacial score (nSPS) is 20.2. The van der Waals surface area contributed by atoms with Gasteiger partial charge in [-0.3, -0.25) is 4.79 Å². The van der Waals surface area contributed by atoms with E-state index in [-0.39, 0.29) is 11.9 Å². The Hall–Kier alpha value is -1.62. The monoisotopic (exact) mass is 234 g/mol. The molecular weight excluding hydrogens is 216 g/mol. The highest BCUT2D eigenvalue weighted by atomic mass is 16.1. The van der Waals surface area contributed by atoms with Gasteiger partial charge in [-0.1, -0.05) is 0 Å². The highest BCUT2D eigenvalue weighted by Gasteiger charge is 2.21. The highest BCUT2D eigenvalue weighted by Crippen LogP contribution is 2.08. The van der Waals surface area contributed by atoms with Gasteiger partial charge >= 0.3 is 0 Å². The van der Waals surface area contributed by atoms with Crippen LogP contribution in [0.2, 0.25) is 0 Å². The fourth-order valence-electron chi connectivity index (χ4n) is 2.00. The molecule has 0 aromatic carbocycles. The molecule has 0 bridgehead atoms. The predicted molar refractivity (Wildman–Crippen MR) is 67.2 cm³/mol. The van der Waals surface area contributed by atoms with Crippen LogP contribution in [0.15, 0.2) is 18.3 Å². The number of likely N-dealkylation sites (N-methyl/N-ethyl adjacent to an activating group) is 1. The first kappa shape index (κ1) is 11.9. The summed E-state index contributed by atoms with van der Waals surface area (Å²) >= 11 is 0. The number of nitrogens with zero attached hydrogens (tertiary/aromatic N) is 2. The third kappa shape index (κ3) is 2.94. The summed E-state index contributed by atoms with van der Waals surface area (Å²) in [5.41, 5.74) is 0.610. The van der Waals surface area contributed by atoms with Crippen LogP contribution in [-0.2, 0) is 0 Å². The maximum Gasteiger partial charge on any atom is 0.253 e. The predicted octanol–water partition coefficient (Wildman–Crippen LogP) is 0.557. The van der Waals surface area contributed by atoms with Crippen molar-refractivity contribution in [3.8, 4) is 0 Å². The Morgan fingerprint density at radius 2 is 2.35 bits per heavy atom. The third-order valence-corrected chi connectivity index (χ3v) is 3.01. The van der Waals surface area contributed by atoms with Gasteiger partial charge in [0, 0.05) is 25.8 Å². The minimum atomic E-state index is -0.0412. The number of hydrogen-bond donors (Lipinski definition) is 2. The molecule has 1 aromatic heterocycles. The number of hydrogen-bond acceptors (Lipinski definition) is 4. The Kier molecular flexibility index (Phi) is 3.58. The zero-order chi connectivity index (χ0) is 12.3. The van der Waals surface area contributed by atoms with Gasteiger partial charge in [0.1, 0.15) is 5.82 Å². The lowest BCUT2D eigenvalue weighted by Gasteiger charge is -2.12. The van der Waals surface area contributed by atoms with Crippen LogP contribution in [0.25, 0.3) is 0 Å². The molecule has 0 aliphatic carbocycles. The van der Waals surface area contributed by atoms with Crippen LogP contribution < -0.4 is 10.6 Å². The van der Waals surface area contributed by atoms with E-state index in [0.717, 1.165) is 25.3 Å². The van der Waals surface area contributed by atoms with Crippen molar-refractivity contribution in [2.45, 2.75) is 12.5 Å². The summed E-state index contributed by atoms with van der Waals surface area (Å²) in [6.45, 7) is 1.97. The van der Waals surface area contributed by atoms with Crippen molar-refractivity contribution in [2.75, 3.05) is 32.5 Å². The van der Waals surface area contributed by atoms with Crippen molar-refractivity contribution in [1.29, 1.82) is 0 Å². The van der Waals surface area contributed by atoms with Gasteiger partial charge in [0.2, 0.25) is 0 Å². The second-order valence-electron chi connectivity index (χ2n) is 4.40. The molecule has 1 aliphatic rings. The zero-order valence-corrected chi connectivity index (χ0v) is 10.2. The number of pyridine rings is 1. The fourth-order valence-corrected chi connectivity index (χ4v) is 2.00. The number of carbonyl (C=O) groups excluding carboxylic acids is 1. The Balaban J connectivity index is 1.94. The molecule has 0 saturated carbocycles. The van der Waals surface area contributed by atoms with Gasteiger partial charge < -0.3 is 15.5 Å². The van der Waals surface area contributed by atoms with Crippen molar-refractivity contribution in [3.05, 3.63) is 23.9 Å². The van der Waals surface area contributed by atoms with Crippen molar-refractivity contribution < 1.29 is 4.79 Å². The van der Waals surface area contributed by atoms with Crippen LogP contribution in [0.3, 0.4) is 0 Å². The van der Waals surface area contributed by atoms with Crippen molar-refractivity contribution in [3.63, 3.8) is 0 Å². The second-order valence-corrected chi connectivity index (χ2v) is 4.40. The van der Waals surface area contributed by atoms with Crippen LogP contribution in [0.1, 0.15) is 16.8 Å². The van der Waals surface area contributed by atoms with E-state index in [1.807, 2.05) is 0 Å². The van der Waals surface area contributed by atoms with Crippen molar-refractivity contribution in [2.24, 2.45) is 0 Å². The van der Waals surface area contributed by atoms with Gasteiger partial charge in [0.05, 0.1) is 5.56 Å². The van der Waals surface area contributed by atoms with E-state index in [4.69, 9.17) is 0 Å². The first-order valence-corrected chi connectivity index (χ1v) is 5.82. The number of carbonyl (C=O) groups is 1. The molecule has 1 aliphatic heterocycles. The highest BCUT2D eigenvalue weighted by molar-refractivity contribution is 5.94. The molecule has 1 aromatic rings. The van der Waals surface area contributed by atoms with Crippen LogP contribution in [-0.4, -0.2) is 49.0 Å². The average Bonchev–Trinajstić information content (AvgIpc) is 2.75. The molecule has 2 N–H and O–H groups in total. The summed E-state index contributed by atoms with van der Waals surface area (Å²) in [7, 11) is 3.87. The molecule has 5 heteroatoms. The number of rotatable bonds is 3. The lowest BCUT2D eigenvalue weighted by Crippen LogP contribution is -2.36. The quantitative estimate of drug-likeness (QED) is 0.802. The van der Waals surface area contributed by atoms with Gasteiger partial charge in [-0.15, -0.1) is 0 Å². The minimum Gasteiger partial charge on any atom is -0.373 e. The number of aromatic nitrogens is 1. The Labute approximate surface area is 101 Å². The molecule has 0 spiro atoms. The van der Waals surface area contributed by atoms with Crippen molar-refractivity contribution in [1.82, 2.24) is 15.2 Å². The standard InChI is InChI=1S/C12H18N4O/c1-13-11-4-3-9(7-14-11)12(17)15-10-5-6-16(2)8-10/h3-4,7,10H,5-6,8H2,1-2H3,(H,13,14)(H,15,17). The molecule has 1 unspecified atom stereocenters. The smallest absolute Gasteiger partial charge is 0.253 e. The van der Waals surface area contributed by atoms with Gasteiger partial charge in [-0.25, -0.2) is 4.98 Å². The lowest BCUT2D eigenvalue weighted by molar-refractivity contribution is 0.0938. The molecule has 2 rings (SSSR count). The minimum absolute atomic E-state index is 0.0412. The van der Waals surface area contributed by atoms with Crippen molar-refractivity contribution >= 4 is 11.7 Å². The Morgan fingerprint density at radius 1 is 1.53 bits per heavy atom. The summed E-state index contributed by atoms with van der Waals surface area (Å²) < 4.78 is 0. The van der Waals surface area contributed by atoms with Crippen LogP contribution >= 0.6 is 0 Å². The summed E-state index contributed by atoms with van der Waals surface area (Å²) in [5.74, 6) is 0.725. The third-order valence-electron chi connectivity index (χ3n) is 3.01. The molecule has 1 atom stereocenters. The van der Waals surface area contributed by atoms with E-state index in [9.17, 15) is 4.79 Å². The number of anilines is 1. The lowest BCUT2D eigenvalue weighted by atomic mass is 10.2. The summed E-state index contributed by atoms with van der Waals surface area (Å²) in [5, 5.41) is 5.94. The maximum absolute atomic E-state index is 11.9. The van der Waals surface area contributed by atoms with E-state index in [2.05, 4.69) is 27.6 Å². The van der Waals surface area contributed by atoms with E-state index < -0.39 is 0 Å². The summed E-state index contributed by atoms with van der Waals surface area (Å²) in [4.78, 5) is 18.3. The average molecular weight is 234 g/mol. The van der Waals surface area contributed by atoms with Gasteiger partial charge in [0.15, 0.2) is 0 Å². The topological polar surface area (TPSA) is 57.3 Å². The molecule has 5 nitrogen and oxygen atoms in total. The number of likely N-dealkylation sites (tertiary alicyclic amines) is 1. The first-order chi connectivity index (χ1) is 8.19. The SMILES string of the molecule is CNc1ccc(C(=O)NC2CCN(C)C2)cn1. The zero-order valence-electron chi connectivity index (χ0n) is 10.2. The van der Waals surface area contributed by atoms with Crippen LogP contribution in [0.4, 0.5) is 5.82 Å². The van der Waals surface area contributed by atoms with Gasteiger partial charge in [-0.2, -0.15) is 0 Å². The first-order valence-electron chi connectivity index (χ1n) is 5.82. The van der Waals surface area contributed by atoms with E-state index in [0.29, 0.717) is 5.56 Å².